The second kappa shape index (κ2) is 8.70. The number of carbonyl (C=O) groups excluding carboxylic acids is 1. The molecule has 19 heavy (non-hydrogen) atoms. The number of unbranched alkanes of at least 4 members (excludes halogenated alkanes) is 1. The summed E-state index contributed by atoms with van der Waals surface area (Å²) in [6.45, 7) is 4.96. The van der Waals surface area contributed by atoms with Gasteiger partial charge >= 0.3 is 5.97 Å². The second-order valence-electron chi connectivity index (χ2n) is 4.85. The van der Waals surface area contributed by atoms with Crippen LogP contribution < -0.4 is 5.32 Å². The Morgan fingerprint density at radius 3 is 2.58 bits per heavy atom. The first-order valence-electron chi connectivity index (χ1n) is 7.06. The molecule has 0 aliphatic carbocycles. The highest BCUT2D eigenvalue weighted by atomic mass is 16.5. The SMILES string of the molecule is CCCCc1ccc(C(C)NCCC(=O)OC)cc1. The van der Waals surface area contributed by atoms with Crippen LogP contribution >= 0.6 is 0 Å². The van der Waals surface area contributed by atoms with E-state index in [1.165, 1.54) is 31.1 Å². The molecule has 1 atom stereocenters. The van der Waals surface area contributed by atoms with E-state index in [0.717, 1.165) is 6.42 Å². The molecule has 0 aliphatic rings. The predicted octanol–water partition coefficient (Wildman–Crippen LogP) is 3.24. The number of esters is 1. The maximum atomic E-state index is 11.0. The Balaban J connectivity index is 2.39. The third-order valence-corrected chi connectivity index (χ3v) is 3.31. The molecule has 0 aliphatic heterocycles. The molecule has 0 aromatic heterocycles. The third kappa shape index (κ3) is 5.88. The number of methoxy groups -OCH3 is 1. The fourth-order valence-electron chi connectivity index (χ4n) is 1.96. The fraction of sp³-hybridized carbons (Fsp3) is 0.562. The van der Waals surface area contributed by atoms with E-state index in [4.69, 9.17) is 0 Å². The fourth-order valence-corrected chi connectivity index (χ4v) is 1.96. The van der Waals surface area contributed by atoms with Gasteiger partial charge < -0.3 is 10.1 Å². The van der Waals surface area contributed by atoms with E-state index >= 15 is 0 Å². The molecule has 1 unspecified atom stereocenters. The van der Waals surface area contributed by atoms with Gasteiger partial charge in [0.05, 0.1) is 13.5 Å². The second-order valence-corrected chi connectivity index (χ2v) is 4.85. The minimum absolute atomic E-state index is 0.172. The van der Waals surface area contributed by atoms with E-state index in [2.05, 4.69) is 48.2 Å². The molecule has 1 aromatic carbocycles. The van der Waals surface area contributed by atoms with Crippen molar-refractivity contribution in [2.24, 2.45) is 0 Å². The van der Waals surface area contributed by atoms with Crippen molar-refractivity contribution in [2.45, 2.75) is 45.6 Å². The van der Waals surface area contributed by atoms with Gasteiger partial charge in [-0.2, -0.15) is 0 Å². The van der Waals surface area contributed by atoms with Gasteiger partial charge in [0.25, 0.3) is 0 Å². The molecule has 1 rings (SSSR count). The molecule has 0 heterocycles. The standard InChI is InChI=1S/C16H25NO2/c1-4-5-6-14-7-9-15(10-8-14)13(2)17-12-11-16(18)19-3/h7-10,13,17H,4-6,11-12H2,1-3H3. The number of carbonyl (C=O) groups is 1. The maximum Gasteiger partial charge on any atom is 0.306 e. The highest BCUT2D eigenvalue weighted by Crippen LogP contribution is 2.14. The quantitative estimate of drug-likeness (QED) is 0.732. The minimum atomic E-state index is -0.172. The van der Waals surface area contributed by atoms with Gasteiger partial charge in [-0.1, -0.05) is 37.6 Å². The average Bonchev–Trinajstić information content (AvgIpc) is 2.45. The van der Waals surface area contributed by atoms with Crippen molar-refractivity contribution in [3.05, 3.63) is 35.4 Å². The molecule has 3 nitrogen and oxygen atoms in total. The molecule has 0 saturated heterocycles. The summed E-state index contributed by atoms with van der Waals surface area (Å²) in [5.74, 6) is -0.172. The maximum absolute atomic E-state index is 11.0. The van der Waals surface area contributed by atoms with E-state index in [0.29, 0.717) is 13.0 Å². The zero-order chi connectivity index (χ0) is 14.1. The summed E-state index contributed by atoms with van der Waals surface area (Å²) in [6.07, 6.45) is 4.04. The van der Waals surface area contributed by atoms with Crippen LogP contribution in [0.5, 0.6) is 0 Å². The number of aryl methyl sites for hydroxylation is 1. The minimum Gasteiger partial charge on any atom is -0.469 e. The van der Waals surface area contributed by atoms with Gasteiger partial charge in [0.1, 0.15) is 0 Å². The number of benzene rings is 1. The predicted molar refractivity (Wildman–Crippen MR) is 78.1 cm³/mol. The first kappa shape index (κ1) is 15.7. The van der Waals surface area contributed by atoms with Crippen LogP contribution in [-0.2, 0) is 16.0 Å². The lowest BCUT2D eigenvalue weighted by Crippen LogP contribution is -2.22. The largest absolute Gasteiger partial charge is 0.469 e. The lowest BCUT2D eigenvalue weighted by Gasteiger charge is -2.14. The van der Waals surface area contributed by atoms with Gasteiger partial charge in [-0.25, -0.2) is 0 Å². The molecular weight excluding hydrogens is 238 g/mol. The summed E-state index contributed by atoms with van der Waals surface area (Å²) in [4.78, 5) is 11.0. The first-order chi connectivity index (χ1) is 9.17. The first-order valence-corrected chi connectivity index (χ1v) is 7.06. The van der Waals surface area contributed by atoms with Crippen LogP contribution in [0.25, 0.3) is 0 Å². The molecule has 106 valence electrons. The zero-order valence-corrected chi connectivity index (χ0v) is 12.2. The monoisotopic (exact) mass is 263 g/mol. The Labute approximate surface area is 116 Å². The van der Waals surface area contributed by atoms with Crippen LogP contribution in [0.4, 0.5) is 0 Å². The van der Waals surface area contributed by atoms with Crippen LogP contribution in [0.15, 0.2) is 24.3 Å². The Bertz CT molecular complexity index is 373. The van der Waals surface area contributed by atoms with E-state index in [9.17, 15) is 4.79 Å². The van der Waals surface area contributed by atoms with E-state index in [1.54, 1.807) is 0 Å². The molecule has 0 amide bonds. The van der Waals surface area contributed by atoms with Gasteiger partial charge in [-0.15, -0.1) is 0 Å². The smallest absolute Gasteiger partial charge is 0.306 e. The lowest BCUT2D eigenvalue weighted by molar-refractivity contribution is -0.140. The van der Waals surface area contributed by atoms with Crippen molar-refractivity contribution < 1.29 is 9.53 Å². The molecular formula is C16H25NO2. The Morgan fingerprint density at radius 1 is 1.32 bits per heavy atom. The molecule has 1 N–H and O–H groups in total. The summed E-state index contributed by atoms with van der Waals surface area (Å²) in [5, 5.41) is 3.33. The van der Waals surface area contributed by atoms with E-state index < -0.39 is 0 Å². The number of hydrogen-bond donors (Lipinski definition) is 1. The normalized spacial score (nSPS) is 12.2. The van der Waals surface area contributed by atoms with Crippen LogP contribution in [0.3, 0.4) is 0 Å². The van der Waals surface area contributed by atoms with Crippen molar-refractivity contribution in [3.63, 3.8) is 0 Å². The number of nitrogens with one attached hydrogen (secondary N) is 1. The number of rotatable bonds is 8. The van der Waals surface area contributed by atoms with Crippen molar-refractivity contribution in [2.75, 3.05) is 13.7 Å². The summed E-state index contributed by atoms with van der Waals surface area (Å²) in [5.41, 5.74) is 2.65. The summed E-state index contributed by atoms with van der Waals surface area (Å²) in [6, 6.07) is 8.99. The molecule has 0 spiro atoms. The number of ether oxygens (including phenoxy) is 1. The summed E-state index contributed by atoms with van der Waals surface area (Å²) in [7, 11) is 1.42. The van der Waals surface area contributed by atoms with Crippen LogP contribution in [0.1, 0.15) is 50.3 Å². The van der Waals surface area contributed by atoms with Gasteiger partial charge in [-0.3, -0.25) is 4.79 Å². The highest BCUT2D eigenvalue weighted by Gasteiger charge is 2.06. The topological polar surface area (TPSA) is 38.3 Å². The molecule has 3 heteroatoms. The van der Waals surface area contributed by atoms with Crippen molar-refractivity contribution in [1.29, 1.82) is 0 Å². The molecule has 0 saturated carbocycles. The van der Waals surface area contributed by atoms with Gasteiger partial charge in [-0.05, 0) is 30.9 Å². The van der Waals surface area contributed by atoms with Crippen molar-refractivity contribution in [3.8, 4) is 0 Å². The number of hydrogen-bond acceptors (Lipinski definition) is 3. The van der Waals surface area contributed by atoms with Gasteiger partial charge in [0.2, 0.25) is 0 Å². The Kier molecular flexibility index (Phi) is 7.19. The van der Waals surface area contributed by atoms with Crippen LogP contribution in [0, 0.1) is 0 Å². The third-order valence-electron chi connectivity index (χ3n) is 3.31. The summed E-state index contributed by atoms with van der Waals surface area (Å²) >= 11 is 0. The average molecular weight is 263 g/mol. The Hall–Kier alpha value is -1.35. The van der Waals surface area contributed by atoms with E-state index in [-0.39, 0.29) is 12.0 Å². The molecule has 0 radical (unpaired) electrons. The Morgan fingerprint density at radius 2 is 2.00 bits per heavy atom. The highest BCUT2D eigenvalue weighted by molar-refractivity contribution is 5.69. The van der Waals surface area contributed by atoms with Crippen molar-refractivity contribution in [1.82, 2.24) is 5.32 Å². The molecule has 1 aromatic rings. The van der Waals surface area contributed by atoms with Crippen LogP contribution in [0.2, 0.25) is 0 Å². The van der Waals surface area contributed by atoms with E-state index in [1.807, 2.05) is 0 Å². The summed E-state index contributed by atoms with van der Waals surface area (Å²) < 4.78 is 4.61. The van der Waals surface area contributed by atoms with Crippen LogP contribution in [-0.4, -0.2) is 19.6 Å². The van der Waals surface area contributed by atoms with Gasteiger partial charge in [0, 0.05) is 12.6 Å². The molecule has 0 fully saturated rings. The lowest BCUT2D eigenvalue weighted by atomic mass is 10.0. The van der Waals surface area contributed by atoms with Gasteiger partial charge in [0.15, 0.2) is 0 Å². The molecule has 0 bridgehead atoms. The van der Waals surface area contributed by atoms with Crippen molar-refractivity contribution >= 4 is 5.97 Å². The zero-order valence-electron chi connectivity index (χ0n) is 12.2.